The van der Waals surface area contributed by atoms with Crippen LogP contribution in [0.5, 0.6) is 0 Å². The van der Waals surface area contributed by atoms with E-state index < -0.39 is 6.10 Å². The van der Waals surface area contributed by atoms with E-state index in [2.05, 4.69) is 10.1 Å². The highest BCUT2D eigenvalue weighted by Gasteiger charge is 2.10. The Hall–Kier alpha value is -1.44. The number of hydrogen-bond donors (Lipinski definition) is 2. The van der Waals surface area contributed by atoms with Gasteiger partial charge in [0, 0.05) is 11.3 Å². The number of halogens is 1. The summed E-state index contributed by atoms with van der Waals surface area (Å²) in [6.45, 7) is -0.266. The molecule has 0 spiro atoms. The highest BCUT2D eigenvalue weighted by molar-refractivity contribution is 7.98. The van der Waals surface area contributed by atoms with Gasteiger partial charge in [-0.15, -0.1) is 11.8 Å². The van der Waals surface area contributed by atoms with Crippen LogP contribution in [0.3, 0.4) is 0 Å². The first-order valence-corrected chi connectivity index (χ1v) is 6.79. The minimum Gasteiger partial charge on any atom is -0.394 e. The van der Waals surface area contributed by atoms with Crippen LogP contribution in [0.25, 0.3) is 11.4 Å². The van der Waals surface area contributed by atoms with Crippen molar-refractivity contribution in [2.24, 2.45) is 0 Å². The summed E-state index contributed by atoms with van der Waals surface area (Å²) in [5, 5.41) is 21.6. The van der Waals surface area contributed by atoms with Crippen LogP contribution in [0.15, 0.2) is 28.8 Å². The number of aromatic nitrogens is 2. The second kappa shape index (κ2) is 6.65. The van der Waals surface area contributed by atoms with Crippen molar-refractivity contribution in [1.29, 1.82) is 0 Å². The van der Waals surface area contributed by atoms with Crippen molar-refractivity contribution in [3.05, 3.63) is 36.0 Å². The third-order valence-electron chi connectivity index (χ3n) is 2.32. The average Bonchev–Trinajstić information content (AvgIpc) is 2.88. The third kappa shape index (κ3) is 4.02. The predicted octanol–water partition coefficient (Wildman–Crippen LogP) is 1.46. The van der Waals surface area contributed by atoms with Crippen molar-refractivity contribution in [3.63, 3.8) is 0 Å². The molecule has 102 valence electrons. The van der Waals surface area contributed by atoms with Crippen LogP contribution in [0.4, 0.5) is 4.39 Å². The van der Waals surface area contributed by atoms with Gasteiger partial charge in [0.1, 0.15) is 5.82 Å². The standard InChI is InChI=1S/C12H13FN2O3S/c13-9-3-1-8(2-4-9)12-14-11(18-15-12)7-19-6-10(17)5-16/h1-4,10,16-17H,5-7H2/t10-/m1/s1. The highest BCUT2D eigenvalue weighted by atomic mass is 32.2. The second-order valence-electron chi connectivity index (χ2n) is 3.87. The van der Waals surface area contributed by atoms with Gasteiger partial charge in [0.15, 0.2) is 0 Å². The molecule has 0 aliphatic rings. The van der Waals surface area contributed by atoms with Crippen LogP contribution < -0.4 is 0 Å². The van der Waals surface area contributed by atoms with Gasteiger partial charge >= 0.3 is 0 Å². The number of nitrogens with zero attached hydrogens (tertiary/aromatic N) is 2. The Bertz CT molecular complexity index is 518. The summed E-state index contributed by atoms with van der Waals surface area (Å²) in [4.78, 5) is 4.17. The molecule has 1 atom stereocenters. The largest absolute Gasteiger partial charge is 0.394 e. The van der Waals surface area contributed by atoms with Gasteiger partial charge in [-0.25, -0.2) is 4.39 Å². The second-order valence-corrected chi connectivity index (χ2v) is 4.90. The van der Waals surface area contributed by atoms with E-state index in [9.17, 15) is 9.50 Å². The summed E-state index contributed by atoms with van der Waals surface area (Å²) in [7, 11) is 0. The number of benzene rings is 1. The van der Waals surface area contributed by atoms with Gasteiger partial charge in [0.25, 0.3) is 0 Å². The van der Waals surface area contributed by atoms with E-state index >= 15 is 0 Å². The quantitative estimate of drug-likeness (QED) is 0.836. The predicted molar refractivity (Wildman–Crippen MR) is 68.9 cm³/mol. The Labute approximate surface area is 113 Å². The van der Waals surface area contributed by atoms with Crippen molar-refractivity contribution in [1.82, 2.24) is 10.1 Å². The van der Waals surface area contributed by atoms with Crippen LogP contribution in [0.1, 0.15) is 5.89 Å². The van der Waals surface area contributed by atoms with E-state index in [0.717, 1.165) is 0 Å². The van der Waals surface area contributed by atoms with E-state index in [1.807, 2.05) is 0 Å². The first kappa shape index (κ1) is 14.0. The zero-order valence-corrected chi connectivity index (χ0v) is 10.8. The van der Waals surface area contributed by atoms with Crippen LogP contribution in [0.2, 0.25) is 0 Å². The molecule has 7 heteroatoms. The van der Waals surface area contributed by atoms with Gasteiger partial charge in [0.2, 0.25) is 11.7 Å². The minimum absolute atomic E-state index is 0.266. The number of hydrogen-bond acceptors (Lipinski definition) is 6. The molecule has 1 aromatic carbocycles. The molecule has 0 bridgehead atoms. The fourth-order valence-corrected chi connectivity index (χ4v) is 2.15. The zero-order valence-electron chi connectivity index (χ0n) is 9.99. The Morgan fingerprint density at radius 3 is 2.74 bits per heavy atom. The lowest BCUT2D eigenvalue weighted by atomic mass is 10.2. The topological polar surface area (TPSA) is 79.4 Å². The Morgan fingerprint density at radius 2 is 2.05 bits per heavy atom. The summed E-state index contributed by atoms with van der Waals surface area (Å²) in [5.74, 6) is 1.35. The molecule has 1 aromatic heterocycles. The first-order chi connectivity index (χ1) is 9.19. The molecule has 0 fully saturated rings. The van der Waals surface area contributed by atoms with Crippen molar-refractivity contribution >= 4 is 11.8 Å². The Morgan fingerprint density at radius 1 is 1.32 bits per heavy atom. The number of rotatable bonds is 6. The molecule has 0 radical (unpaired) electrons. The van der Waals surface area contributed by atoms with Crippen molar-refractivity contribution in [3.8, 4) is 11.4 Å². The molecule has 2 rings (SSSR count). The van der Waals surface area contributed by atoms with Gasteiger partial charge in [-0.05, 0) is 24.3 Å². The van der Waals surface area contributed by atoms with Crippen molar-refractivity contribution in [2.45, 2.75) is 11.9 Å². The number of aliphatic hydroxyl groups is 2. The van der Waals surface area contributed by atoms with Gasteiger partial charge < -0.3 is 14.7 Å². The molecule has 0 aliphatic carbocycles. The third-order valence-corrected chi connectivity index (χ3v) is 3.39. The molecule has 0 amide bonds. The van der Waals surface area contributed by atoms with Gasteiger partial charge in [0.05, 0.1) is 18.5 Å². The first-order valence-electron chi connectivity index (χ1n) is 5.64. The highest BCUT2D eigenvalue weighted by Crippen LogP contribution is 2.18. The minimum atomic E-state index is -0.746. The monoisotopic (exact) mass is 284 g/mol. The Kier molecular flexibility index (Phi) is 4.89. The van der Waals surface area contributed by atoms with Gasteiger partial charge in [-0.1, -0.05) is 5.16 Å². The molecule has 0 aliphatic heterocycles. The summed E-state index contributed by atoms with van der Waals surface area (Å²) in [5.41, 5.74) is 0.678. The van der Waals surface area contributed by atoms with Gasteiger partial charge in [-0.3, -0.25) is 0 Å². The molecule has 1 heterocycles. The lowest BCUT2D eigenvalue weighted by Gasteiger charge is -2.03. The Balaban J connectivity index is 1.93. The van der Waals surface area contributed by atoms with Crippen LogP contribution in [-0.2, 0) is 5.75 Å². The molecule has 0 saturated heterocycles. The number of thioether (sulfide) groups is 1. The van der Waals surface area contributed by atoms with Crippen LogP contribution >= 0.6 is 11.8 Å². The number of aliphatic hydroxyl groups excluding tert-OH is 2. The van der Waals surface area contributed by atoms with Crippen molar-refractivity contribution in [2.75, 3.05) is 12.4 Å². The van der Waals surface area contributed by atoms with Crippen LogP contribution in [0, 0.1) is 5.82 Å². The fourth-order valence-electron chi connectivity index (χ4n) is 1.36. The molecule has 0 saturated carbocycles. The van der Waals surface area contributed by atoms with E-state index in [-0.39, 0.29) is 12.4 Å². The molecule has 2 aromatic rings. The lowest BCUT2D eigenvalue weighted by Crippen LogP contribution is -2.14. The smallest absolute Gasteiger partial charge is 0.236 e. The van der Waals surface area contributed by atoms with Crippen LogP contribution in [-0.4, -0.2) is 38.8 Å². The maximum atomic E-state index is 12.8. The lowest BCUT2D eigenvalue weighted by molar-refractivity contribution is 0.113. The summed E-state index contributed by atoms with van der Waals surface area (Å²) >= 11 is 1.38. The van der Waals surface area contributed by atoms with E-state index in [0.29, 0.717) is 28.8 Å². The fraction of sp³-hybridized carbons (Fsp3) is 0.333. The molecule has 0 unspecified atom stereocenters. The normalized spacial score (nSPS) is 12.6. The van der Waals surface area contributed by atoms with E-state index in [1.54, 1.807) is 12.1 Å². The molecule has 19 heavy (non-hydrogen) atoms. The average molecular weight is 284 g/mol. The molecular weight excluding hydrogens is 271 g/mol. The maximum Gasteiger partial charge on any atom is 0.236 e. The molecule has 2 N–H and O–H groups in total. The summed E-state index contributed by atoms with van der Waals surface area (Å²) in [6, 6.07) is 5.81. The molecular formula is C12H13FN2O3S. The zero-order chi connectivity index (χ0) is 13.7. The van der Waals surface area contributed by atoms with Gasteiger partial charge in [-0.2, -0.15) is 4.98 Å². The summed E-state index contributed by atoms with van der Waals surface area (Å²) < 4.78 is 17.8. The van der Waals surface area contributed by atoms with Crippen molar-refractivity contribution < 1.29 is 19.1 Å². The van der Waals surface area contributed by atoms with E-state index in [4.69, 9.17) is 9.63 Å². The molecule has 5 nitrogen and oxygen atoms in total. The SMILES string of the molecule is OC[C@@H](O)CSCc1nc(-c2ccc(F)cc2)no1. The summed E-state index contributed by atoms with van der Waals surface area (Å²) in [6.07, 6.45) is -0.746. The van der Waals surface area contributed by atoms with E-state index in [1.165, 1.54) is 23.9 Å². The maximum absolute atomic E-state index is 12.8.